The Morgan fingerprint density at radius 1 is 1.15 bits per heavy atom. The molecular weight excluding hydrogens is 338 g/mol. The molecule has 1 N–H and O–H groups in total. The van der Waals surface area contributed by atoms with Crippen LogP contribution in [0, 0.1) is 0 Å². The fourth-order valence-electron chi connectivity index (χ4n) is 1.83. The van der Waals surface area contributed by atoms with Gasteiger partial charge in [0.15, 0.2) is 6.10 Å². The molecule has 0 spiro atoms. The lowest BCUT2D eigenvalue weighted by Crippen LogP contribution is -2.35. The molecular formula is C19H27NO6. The number of carbonyl (C=O) groups is 2. The molecule has 1 rings (SSSR count). The van der Waals surface area contributed by atoms with Crippen LogP contribution in [0.3, 0.4) is 0 Å². The minimum absolute atomic E-state index is 0.296. The summed E-state index contributed by atoms with van der Waals surface area (Å²) in [6.45, 7) is 12.1. The van der Waals surface area contributed by atoms with E-state index in [1.54, 1.807) is 58.9 Å². The molecule has 0 aromatic heterocycles. The Hall–Kier alpha value is -2.54. The van der Waals surface area contributed by atoms with E-state index in [9.17, 15) is 9.59 Å². The van der Waals surface area contributed by atoms with E-state index in [4.69, 9.17) is 18.9 Å². The maximum Gasteiger partial charge on any atom is 0.412 e. The molecule has 0 fully saturated rings. The highest BCUT2D eigenvalue weighted by Gasteiger charge is 2.23. The van der Waals surface area contributed by atoms with Gasteiger partial charge >= 0.3 is 12.1 Å². The zero-order valence-corrected chi connectivity index (χ0v) is 16.1. The van der Waals surface area contributed by atoms with E-state index in [1.165, 1.54) is 7.11 Å². The fourth-order valence-corrected chi connectivity index (χ4v) is 1.83. The lowest BCUT2D eigenvalue weighted by Gasteiger charge is -2.24. The van der Waals surface area contributed by atoms with E-state index in [2.05, 4.69) is 11.9 Å². The third-order valence-corrected chi connectivity index (χ3v) is 3.01. The lowest BCUT2D eigenvalue weighted by atomic mass is 10.2. The third kappa shape index (κ3) is 7.57. The predicted molar refractivity (Wildman–Crippen MR) is 98.1 cm³/mol. The number of anilines is 1. The number of carbonyl (C=O) groups excluding carboxylic acids is 2. The molecule has 26 heavy (non-hydrogen) atoms. The van der Waals surface area contributed by atoms with Crippen LogP contribution in [0.25, 0.3) is 0 Å². The highest BCUT2D eigenvalue weighted by atomic mass is 16.7. The van der Waals surface area contributed by atoms with Gasteiger partial charge < -0.3 is 18.9 Å². The zero-order chi connectivity index (χ0) is 19.9. The summed E-state index contributed by atoms with van der Waals surface area (Å²) in [4.78, 5) is 23.3. The van der Waals surface area contributed by atoms with Crippen molar-refractivity contribution in [3.05, 3.63) is 36.4 Å². The second kappa shape index (κ2) is 9.24. The summed E-state index contributed by atoms with van der Waals surface area (Å²) in [5.41, 5.74) is 0.280. The highest BCUT2D eigenvalue weighted by molar-refractivity contribution is 5.87. The highest BCUT2D eigenvalue weighted by Crippen LogP contribution is 2.20. The van der Waals surface area contributed by atoms with Gasteiger partial charge in [0.1, 0.15) is 11.4 Å². The van der Waals surface area contributed by atoms with Gasteiger partial charge in [0.05, 0.1) is 0 Å². The van der Waals surface area contributed by atoms with E-state index in [1.807, 2.05) is 0 Å². The smallest absolute Gasteiger partial charge is 0.412 e. The Morgan fingerprint density at radius 2 is 1.73 bits per heavy atom. The van der Waals surface area contributed by atoms with Crippen molar-refractivity contribution >= 4 is 17.7 Å². The molecule has 0 saturated carbocycles. The van der Waals surface area contributed by atoms with Crippen molar-refractivity contribution in [2.75, 3.05) is 12.4 Å². The SMILES string of the molecule is C=C(C)C(=O)OC(C)C(OC)Oc1ccc(NC(=O)OC(C)(C)C)cc1. The zero-order valence-electron chi connectivity index (χ0n) is 16.1. The average molecular weight is 365 g/mol. The first-order valence-corrected chi connectivity index (χ1v) is 8.18. The normalized spacial score (nSPS) is 13.3. The minimum atomic E-state index is -0.789. The van der Waals surface area contributed by atoms with Gasteiger partial charge in [0.2, 0.25) is 6.29 Å². The first-order valence-electron chi connectivity index (χ1n) is 8.18. The molecule has 0 radical (unpaired) electrons. The van der Waals surface area contributed by atoms with Crippen molar-refractivity contribution in [2.24, 2.45) is 0 Å². The molecule has 1 amide bonds. The van der Waals surface area contributed by atoms with Gasteiger partial charge in [-0.3, -0.25) is 5.32 Å². The number of hydrogen-bond acceptors (Lipinski definition) is 6. The predicted octanol–water partition coefficient (Wildman–Crippen LogP) is 3.89. The molecule has 0 aliphatic heterocycles. The topological polar surface area (TPSA) is 83.1 Å². The van der Waals surface area contributed by atoms with E-state index in [-0.39, 0.29) is 0 Å². The summed E-state index contributed by atoms with van der Waals surface area (Å²) in [5.74, 6) is -0.0233. The Labute approximate surface area is 154 Å². The van der Waals surface area contributed by atoms with Crippen molar-refractivity contribution < 1.29 is 28.5 Å². The summed E-state index contributed by atoms with van der Waals surface area (Å²) < 4.78 is 21.3. The van der Waals surface area contributed by atoms with Gasteiger partial charge in [-0.15, -0.1) is 0 Å². The molecule has 144 valence electrons. The number of rotatable bonds is 7. The van der Waals surface area contributed by atoms with E-state index in [0.29, 0.717) is 17.0 Å². The Balaban J connectivity index is 2.65. The fraction of sp³-hybridized carbons (Fsp3) is 0.474. The number of amides is 1. The minimum Gasteiger partial charge on any atom is -0.461 e. The van der Waals surface area contributed by atoms with Crippen molar-refractivity contribution in [3.63, 3.8) is 0 Å². The molecule has 0 bridgehead atoms. The summed E-state index contributed by atoms with van der Waals surface area (Å²) >= 11 is 0. The molecule has 0 heterocycles. The van der Waals surface area contributed by atoms with Crippen LogP contribution in [0.15, 0.2) is 36.4 Å². The number of methoxy groups -OCH3 is 1. The number of esters is 1. The van der Waals surface area contributed by atoms with Gasteiger partial charge in [0.25, 0.3) is 0 Å². The van der Waals surface area contributed by atoms with Crippen LogP contribution in [-0.4, -0.2) is 37.2 Å². The maximum absolute atomic E-state index is 11.7. The van der Waals surface area contributed by atoms with Crippen molar-refractivity contribution in [1.82, 2.24) is 0 Å². The quantitative estimate of drug-likeness (QED) is 0.448. The van der Waals surface area contributed by atoms with Crippen LogP contribution in [0.4, 0.5) is 10.5 Å². The first-order chi connectivity index (χ1) is 12.0. The van der Waals surface area contributed by atoms with Crippen LogP contribution in [0.2, 0.25) is 0 Å². The Morgan fingerprint density at radius 3 is 2.19 bits per heavy atom. The van der Waals surface area contributed by atoms with Crippen molar-refractivity contribution in [3.8, 4) is 5.75 Å². The summed E-state index contributed by atoms with van der Waals surface area (Å²) in [7, 11) is 1.45. The number of hydrogen-bond donors (Lipinski definition) is 1. The summed E-state index contributed by atoms with van der Waals surface area (Å²) in [5, 5.41) is 2.63. The number of ether oxygens (including phenoxy) is 4. The van der Waals surface area contributed by atoms with Gasteiger partial charge in [-0.2, -0.15) is 0 Å². The van der Waals surface area contributed by atoms with Gasteiger partial charge in [-0.05, 0) is 58.9 Å². The molecule has 7 heteroatoms. The van der Waals surface area contributed by atoms with E-state index < -0.39 is 30.1 Å². The summed E-state index contributed by atoms with van der Waals surface area (Å²) in [6.07, 6.45) is -1.96. The van der Waals surface area contributed by atoms with Gasteiger partial charge in [0, 0.05) is 18.4 Å². The van der Waals surface area contributed by atoms with E-state index >= 15 is 0 Å². The summed E-state index contributed by atoms with van der Waals surface area (Å²) in [6, 6.07) is 6.64. The van der Waals surface area contributed by atoms with Crippen LogP contribution >= 0.6 is 0 Å². The standard InChI is InChI=1S/C19H27NO6/c1-12(2)16(21)24-13(3)17(23-7)25-15-10-8-14(9-11-15)20-18(22)26-19(4,5)6/h8-11,13,17H,1H2,2-7H3,(H,20,22). The third-order valence-electron chi connectivity index (χ3n) is 3.01. The molecule has 0 aliphatic rings. The van der Waals surface area contributed by atoms with Gasteiger partial charge in [-0.1, -0.05) is 6.58 Å². The molecule has 7 nitrogen and oxygen atoms in total. The second-order valence-corrected chi connectivity index (χ2v) is 6.76. The largest absolute Gasteiger partial charge is 0.461 e. The maximum atomic E-state index is 11.7. The molecule has 2 unspecified atom stereocenters. The molecule has 2 atom stereocenters. The van der Waals surface area contributed by atoms with Crippen LogP contribution in [0.1, 0.15) is 34.6 Å². The molecule has 0 saturated heterocycles. The van der Waals surface area contributed by atoms with E-state index in [0.717, 1.165) is 0 Å². The van der Waals surface area contributed by atoms with Crippen molar-refractivity contribution in [2.45, 2.75) is 52.6 Å². The second-order valence-electron chi connectivity index (χ2n) is 6.76. The lowest BCUT2D eigenvalue weighted by molar-refractivity contribution is -0.168. The molecule has 0 aliphatic carbocycles. The number of benzene rings is 1. The van der Waals surface area contributed by atoms with Gasteiger partial charge in [-0.25, -0.2) is 9.59 Å². The van der Waals surface area contributed by atoms with Crippen LogP contribution in [-0.2, 0) is 19.0 Å². The molecule has 1 aromatic rings. The monoisotopic (exact) mass is 365 g/mol. The average Bonchev–Trinajstić information content (AvgIpc) is 2.51. The first kappa shape index (κ1) is 21.5. The number of nitrogens with one attached hydrogen (secondary N) is 1. The van der Waals surface area contributed by atoms with Crippen LogP contribution < -0.4 is 10.1 Å². The van der Waals surface area contributed by atoms with Crippen LogP contribution in [0.5, 0.6) is 5.75 Å². The van der Waals surface area contributed by atoms with Crippen molar-refractivity contribution in [1.29, 1.82) is 0 Å². The molecule has 1 aromatic carbocycles. The Kier molecular flexibility index (Phi) is 7.64. The Bertz CT molecular complexity index is 632.